The van der Waals surface area contributed by atoms with Gasteiger partial charge in [0.2, 0.25) is 0 Å². The molecule has 2 fully saturated rings. The van der Waals surface area contributed by atoms with E-state index in [4.69, 9.17) is 95.7 Å². The third-order valence-electron chi connectivity index (χ3n) is 5.16. The molecular weight excluding hydrogens is 1090 g/mol. The molecule has 24 nitrogen and oxygen atoms in total. The monoisotopic (exact) mass is 1150 g/mol. The second-order valence-electron chi connectivity index (χ2n) is 9.95. The Labute approximate surface area is 332 Å². The van der Waals surface area contributed by atoms with E-state index in [0.717, 1.165) is 38.8 Å². The minimum atomic E-state index is -1.75. The molecule has 51 heavy (non-hydrogen) atoms. The van der Waals surface area contributed by atoms with Crippen LogP contribution in [0.2, 0.25) is 0 Å². The van der Waals surface area contributed by atoms with Crippen LogP contribution in [0.25, 0.3) is 0 Å². The van der Waals surface area contributed by atoms with Gasteiger partial charge in [0.05, 0.1) is 20.3 Å². The molecule has 28 heteroatoms. The number of nitrogens with zero attached hydrogens (tertiary/aromatic N) is 4. The second kappa shape index (κ2) is 57.6. The Kier molecular flexibility index (Phi) is 79.9. The minimum absolute atomic E-state index is 0. The molecule has 0 amide bonds. The van der Waals surface area contributed by atoms with Gasteiger partial charge in [0, 0.05) is 70.8 Å². The third-order valence-corrected chi connectivity index (χ3v) is 5.16. The predicted octanol–water partition coefficient (Wildman–Crippen LogP) is 0.312. The minimum Gasteiger partial charge on any atom is -0.356 e. The summed E-state index contributed by atoms with van der Waals surface area (Å²) in [6.45, 7) is 1.67. The van der Waals surface area contributed by atoms with E-state index in [1.165, 1.54) is 57.8 Å². The quantitative estimate of drug-likeness (QED) is 0.118. The van der Waals surface area contributed by atoms with Crippen molar-refractivity contribution in [1.82, 2.24) is 0 Å². The second-order valence-corrected chi connectivity index (χ2v) is 12.9. The normalized spacial score (nSPS) is 17.5. The van der Waals surface area contributed by atoms with Gasteiger partial charge in [0.15, 0.2) is 0 Å². The summed E-state index contributed by atoms with van der Waals surface area (Å²) in [5.74, 6) is 0. The first-order valence-electron chi connectivity index (χ1n) is 14.6. The van der Waals surface area contributed by atoms with E-state index in [0.29, 0.717) is 0 Å². The van der Waals surface area contributed by atoms with E-state index < -0.39 is 41.9 Å². The molecule has 0 saturated heterocycles. The van der Waals surface area contributed by atoms with Crippen molar-refractivity contribution in [2.75, 3.05) is 38.1 Å². The van der Waals surface area contributed by atoms with Crippen LogP contribution in [0.15, 0.2) is 0 Å². The van der Waals surface area contributed by atoms with E-state index in [-0.39, 0.29) is 66.3 Å². The van der Waals surface area contributed by atoms with Crippen LogP contribution < -0.4 is 34.4 Å². The first-order valence-corrected chi connectivity index (χ1v) is 18.5. The summed E-state index contributed by atoms with van der Waals surface area (Å²) in [6, 6.07) is 1.12. The van der Waals surface area contributed by atoms with Gasteiger partial charge >= 0.3 is 42.1 Å². The summed E-state index contributed by atoms with van der Waals surface area (Å²) in [4.78, 5) is 33.0. The maximum atomic E-state index is 9.56. The molecule has 0 radical (unpaired) electrons. The number of rotatable bonds is 6. The van der Waals surface area contributed by atoms with Crippen molar-refractivity contribution < 1.29 is 70.9 Å². The summed E-state index contributed by atoms with van der Waals surface area (Å²) >= 11 is 0. The standard InChI is InChI=1S/C7H18N2.2C6H14N2.2C2H6OS.4NO3.2Pt/c8-6-4-2-1-3-5-7-9;2*7-5-3-1-2-4-6(5)8;2*1-4(2)3;4*2-1(3)4;;/h1-9H2;2*5-6H,1-4,7-8H2;2*1-2H3;;;;;;/q;;;;;4*-1;2*+2/t;2*5-,6-;;;;;;;;/m.11......../s1. The van der Waals surface area contributed by atoms with E-state index in [1.54, 1.807) is 25.0 Å². The summed E-state index contributed by atoms with van der Waals surface area (Å²) in [5.41, 5.74) is 33.3. The van der Waals surface area contributed by atoms with Crippen molar-refractivity contribution in [2.45, 2.75) is 108 Å². The van der Waals surface area contributed by atoms with Crippen molar-refractivity contribution >= 4 is 21.6 Å². The van der Waals surface area contributed by atoms with Crippen LogP contribution >= 0.6 is 0 Å². The zero-order valence-corrected chi connectivity index (χ0v) is 35.5. The zero-order valence-electron chi connectivity index (χ0n) is 29.3. The fourth-order valence-electron chi connectivity index (χ4n) is 3.20. The molecule has 2 aliphatic carbocycles. The van der Waals surface area contributed by atoms with Crippen LogP contribution in [-0.2, 0) is 63.7 Å². The first-order chi connectivity index (χ1) is 22.4. The van der Waals surface area contributed by atoms with Crippen LogP contribution in [0.5, 0.6) is 0 Å². The maximum Gasteiger partial charge on any atom is 2.00 e. The average molecular weight is 1150 g/mol. The number of hydrogen-bond acceptors (Lipinski definition) is 20. The summed E-state index contributed by atoms with van der Waals surface area (Å²) in [7, 11) is -1.22. The summed E-state index contributed by atoms with van der Waals surface area (Å²) < 4.78 is 19.1. The Hall–Kier alpha value is -1.76. The van der Waals surface area contributed by atoms with Crippen LogP contribution in [0.4, 0.5) is 0 Å². The van der Waals surface area contributed by atoms with Gasteiger partial charge in [0.25, 0.3) is 0 Å². The smallest absolute Gasteiger partial charge is 0.356 e. The van der Waals surface area contributed by atoms with Gasteiger partial charge in [-0.25, -0.2) is 0 Å². The SMILES string of the molecule is CS(C)=O.CS(C)=O.NCCCCCCCN.N[C@@H]1CCCC[C@H]1N.N[C@@H]1CCCC[C@H]1N.O=[N+]([O-])[O-].O=[N+]([O-])[O-].O=[N+]([O-])[O-].O=[N+]([O-])[O-].[Pt+2].[Pt+2]. The summed E-state index contributed by atoms with van der Waals surface area (Å²) in [5, 5.41) is 59.0. The number of nitrogens with two attached hydrogens (primary N) is 6. The van der Waals surface area contributed by atoms with Crippen molar-refractivity contribution in [1.29, 1.82) is 0 Å². The van der Waals surface area contributed by atoms with E-state index >= 15 is 0 Å². The van der Waals surface area contributed by atoms with Crippen LogP contribution in [-0.4, -0.2) is 91.0 Å². The molecule has 0 bridgehead atoms. The van der Waals surface area contributed by atoms with E-state index in [1.807, 2.05) is 0 Å². The Morgan fingerprint density at radius 2 is 0.569 bits per heavy atom. The molecule has 0 heterocycles. The number of hydrogen-bond donors (Lipinski definition) is 6. The molecular formula is C23H58N10O14Pt2S2. The molecule has 0 aromatic carbocycles. The molecule has 4 atom stereocenters. The van der Waals surface area contributed by atoms with Gasteiger partial charge < -0.3 is 95.7 Å². The third kappa shape index (κ3) is 150. The topological polar surface area (TPSA) is 455 Å². The molecule has 0 spiro atoms. The van der Waals surface area contributed by atoms with Gasteiger partial charge in [0.1, 0.15) is 0 Å². The van der Waals surface area contributed by atoms with Crippen molar-refractivity contribution in [3.05, 3.63) is 61.3 Å². The van der Waals surface area contributed by atoms with Gasteiger partial charge in [-0.05, 0) is 51.6 Å². The molecule has 0 aromatic heterocycles. The van der Waals surface area contributed by atoms with Gasteiger partial charge in [-0.15, -0.1) is 0 Å². The molecule has 0 aliphatic heterocycles. The largest absolute Gasteiger partial charge is 2.00 e. The number of unbranched alkanes of at least 4 members (excludes halogenated alkanes) is 4. The average Bonchev–Trinajstić information content (AvgIpc) is 2.91. The predicted molar refractivity (Wildman–Crippen MR) is 191 cm³/mol. The fraction of sp³-hybridized carbons (Fsp3) is 1.00. The van der Waals surface area contributed by atoms with E-state index in [9.17, 15) is 8.42 Å². The Morgan fingerprint density at radius 1 is 0.451 bits per heavy atom. The van der Waals surface area contributed by atoms with Gasteiger partial charge in [-0.1, -0.05) is 44.9 Å². The van der Waals surface area contributed by atoms with Crippen molar-refractivity contribution in [3.8, 4) is 0 Å². The van der Waals surface area contributed by atoms with Gasteiger partial charge in [-0.2, -0.15) is 0 Å². The molecule has 0 aromatic rings. The first kappa shape index (κ1) is 70.8. The Morgan fingerprint density at radius 3 is 0.667 bits per heavy atom. The van der Waals surface area contributed by atoms with Crippen molar-refractivity contribution in [3.63, 3.8) is 0 Å². The molecule has 316 valence electrons. The van der Waals surface area contributed by atoms with Crippen molar-refractivity contribution in [2.24, 2.45) is 34.4 Å². The molecule has 12 N–H and O–H groups in total. The Bertz CT molecular complexity index is 661. The molecule has 0 unspecified atom stereocenters. The molecule has 2 aliphatic rings. The van der Waals surface area contributed by atoms with Crippen LogP contribution in [0, 0.1) is 61.3 Å². The molecule has 2 saturated carbocycles. The summed E-state index contributed by atoms with van der Waals surface area (Å²) in [6.07, 6.45) is 22.3. The molecule has 2 rings (SSSR count). The van der Waals surface area contributed by atoms with E-state index in [2.05, 4.69) is 0 Å². The zero-order chi connectivity index (χ0) is 40.4. The fourth-order valence-corrected chi connectivity index (χ4v) is 3.20. The van der Waals surface area contributed by atoms with Crippen LogP contribution in [0.3, 0.4) is 0 Å². The van der Waals surface area contributed by atoms with Gasteiger partial charge in [-0.3, -0.25) is 8.42 Å². The maximum absolute atomic E-state index is 9.56. The van der Waals surface area contributed by atoms with Crippen LogP contribution in [0.1, 0.15) is 83.5 Å². The Balaban J connectivity index is -0.0000000567.